The van der Waals surface area contributed by atoms with Crippen molar-refractivity contribution in [2.24, 2.45) is 17.3 Å². The summed E-state index contributed by atoms with van der Waals surface area (Å²) in [6, 6.07) is 14.4. The summed E-state index contributed by atoms with van der Waals surface area (Å²) in [7, 11) is -3.90. The lowest BCUT2D eigenvalue weighted by Gasteiger charge is -2.48. The van der Waals surface area contributed by atoms with E-state index in [2.05, 4.69) is 13.0 Å². The van der Waals surface area contributed by atoms with E-state index in [0.29, 0.717) is 34.6 Å². The maximum atomic E-state index is 12.7. The molecule has 0 radical (unpaired) electrons. The van der Waals surface area contributed by atoms with Gasteiger partial charge in [-0.05, 0) is 85.3 Å². The van der Waals surface area contributed by atoms with Crippen LogP contribution in [0.3, 0.4) is 0 Å². The van der Waals surface area contributed by atoms with Gasteiger partial charge in [0.25, 0.3) is 0 Å². The Morgan fingerprint density at radius 3 is 2.66 bits per heavy atom. The monoisotopic (exact) mass is 410 g/mol. The van der Waals surface area contributed by atoms with Gasteiger partial charge in [0, 0.05) is 11.8 Å². The molecule has 0 aromatic heterocycles. The van der Waals surface area contributed by atoms with Crippen molar-refractivity contribution in [3.63, 3.8) is 0 Å². The Balaban J connectivity index is 1.40. The van der Waals surface area contributed by atoms with E-state index in [-0.39, 0.29) is 5.41 Å². The van der Waals surface area contributed by atoms with Crippen molar-refractivity contribution in [3.05, 3.63) is 59.7 Å². The van der Waals surface area contributed by atoms with Gasteiger partial charge in [-0.1, -0.05) is 31.2 Å². The highest BCUT2D eigenvalue weighted by Gasteiger charge is 2.54. The van der Waals surface area contributed by atoms with E-state index >= 15 is 0 Å². The van der Waals surface area contributed by atoms with E-state index in [0.717, 1.165) is 38.5 Å². The molecule has 152 valence electrons. The molecule has 5 rings (SSSR count). The van der Waals surface area contributed by atoms with Crippen molar-refractivity contribution in [2.75, 3.05) is 0 Å². The van der Waals surface area contributed by atoms with Crippen molar-refractivity contribution in [1.82, 2.24) is 0 Å². The molecule has 0 aliphatic heterocycles. The molecule has 1 N–H and O–H groups in total. The highest BCUT2D eigenvalue weighted by Crippen LogP contribution is 2.59. The zero-order valence-corrected chi connectivity index (χ0v) is 17.6. The molecule has 4 nitrogen and oxygen atoms in total. The molecule has 2 fully saturated rings. The van der Waals surface area contributed by atoms with Crippen molar-refractivity contribution in [2.45, 2.75) is 51.4 Å². The van der Waals surface area contributed by atoms with Crippen molar-refractivity contribution in [3.8, 4) is 5.75 Å². The van der Waals surface area contributed by atoms with Gasteiger partial charge in [-0.3, -0.25) is 4.79 Å². The van der Waals surface area contributed by atoms with Gasteiger partial charge in [-0.25, -0.2) is 4.57 Å². The minimum atomic E-state index is -3.90. The van der Waals surface area contributed by atoms with Crippen LogP contribution in [0.15, 0.2) is 48.5 Å². The lowest BCUT2D eigenvalue weighted by atomic mass is 9.55. The molecular formula is C24H27O4P. The number of hydrogen-bond donors (Lipinski definition) is 1. The number of carbonyl (C=O) groups is 1. The van der Waals surface area contributed by atoms with Crippen LogP contribution in [0.1, 0.15) is 56.1 Å². The fraction of sp³-hybridized carbons (Fsp3) is 0.458. The molecule has 0 spiro atoms. The van der Waals surface area contributed by atoms with E-state index in [1.165, 1.54) is 11.1 Å². The molecule has 0 saturated heterocycles. The number of rotatable bonds is 3. The predicted molar refractivity (Wildman–Crippen MR) is 113 cm³/mol. The van der Waals surface area contributed by atoms with Gasteiger partial charge in [0.05, 0.1) is 5.30 Å². The summed E-state index contributed by atoms with van der Waals surface area (Å²) in [5, 5.41) is 0.301. The molecule has 2 aromatic carbocycles. The van der Waals surface area contributed by atoms with Crippen LogP contribution in [0.2, 0.25) is 0 Å². The number of benzene rings is 2. The number of Topliss-reactive ketones (excluding diaryl/α,β-unsaturated/α-hetero) is 1. The van der Waals surface area contributed by atoms with Gasteiger partial charge >= 0.3 is 7.60 Å². The third-order valence-electron chi connectivity index (χ3n) is 7.72. The minimum absolute atomic E-state index is 0.110. The van der Waals surface area contributed by atoms with Crippen LogP contribution in [0, 0.1) is 17.3 Å². The molecule has 1 unspecified atom stereocenters. The van der Waals surface area contributed by atoms with Gasteiger partial charge in [0.2, 0.25) is 0 Å². The standard InChI is InChI=1S/C24H27O4P/c1-24-14-13-20-19-10-8-17(28-29(26,27)18-5-3-2-4-6-18)15-16(19)7-9-21(20)22(24)11-12-23(24)25/h2-6,8,10,15,20-22H,7,9,11-14H2,1H3,(H,26,27)/t20-,21-,22+,24+/m1/s1. The maximum Gasteiger partial charge on any atom is 0.408 e. The lowest BCUT2D eigenvalue weighted by molar-refractivity contribution is -0.129. The summed E-state index contributed by atoms with van der Waals surface area (Å²) in [5.41, 5.74) is 2.47. The summed E-state index contributed by atoms with van der Waals surface area (Å²) in [5.74, 6) is 2.50. The first-order chi connectivity index (χ1) is 13.9. The second-order valence-electron chi connectivity index (χ2n) is 9.14. The second-order valence-corrected chi connectivity index (χ2v) is 10.9. The first kappa shape index (κ1) is 19.1. The highest BCUT2D eigenvalue weighted by atomic mass is 31.2. The number of ketones is 1. The van der Waals surface area contributed by atoms with E-state index in [1.807, 2.05) is 18.2 Å². The number of aryl methyl sites for hydroxylation is 1. The van der Waals surface area contributed by atoms with E-state index in [4.69, 9.17) is 4.52 Å². The molecule has 0 amide bonds. The molecular weight excluding hydrogens is 383 g/mol. The second kappa shape index (κ2) is 6.82. The van der Waals surface area contributed by atoms with Crippen molar-refractivity contribution in [1.29, 1.82) is 0 Å². The van der Waals surface area contributed by atoms with Gasteiger partial charge < -0.3 is 9.42 Å². The predicted octanol–water partition coefficient (Wildman–Crippen LogP) is 5.00. The van der Waals surface area contributed by atoms with Crippen molar-refractivity contribution < 1.29 is 18.8 Å². The Morgan fingerprint density at radius 1 is 1.07 bits per heavy atom. The fourth-order valence-corrected chi connectivity index (χ4v) is 7.25. The maximum absolute atomic E-state index is 12.7. The number of carbonyl (C=O) groups excluding carboxylic acids is 1. The van der Waals surface area contributed by atoms with Crippen LogP contribution in [-0.4, -0.2) is 10.7 Å². The van der Waals surface area contributed by atoms with Crippen LogP contribution >= 0.6 is 7.60 Å². The zero-order valence-electron chi connectivity index (χ0n) is 16.7. The molecule has 2 saturated carbocycles. The van der Waals surface area contributed by atoms with E-state index in [1.54, 1.807) is 24.3 Å². The van der Waals surface area contributed by atoms with Crippen LogP contribution in [0.5, 0.6) is 5.75 Å². The number of fused-ring (bicyclic) bond motifs is 5. The Bertz CT molecular complexity index is 1000. The average Bonchev–Trinajstić information content (AvgIpc) is 3.03. The third-order valence-corrected chi connectivity index (χ3v) is 9.13. The molecule has 3 aliphatic rings. The van der Waals surface area contributed by atoms with Gasteiger partial charge in [0.1, 0.15) is 11.5 Å². The van der Waals surface area contributed by atoms with Gasteiger partial charge in [-0.2, -0.15) is 0 Å². The van der Waals surface area contributed by atoms with Crippen LogP contribution in [0.25, 0.3) is 0 Å². The van der Waals surface area contributed by atoms with E-state index in [9.17, 15) is 14.3 Å². The SMILES string of the molecule is C[C@]12CC[C@@H]3c4ccc(OP(=O)(O)c5ccccc5)cc4CC[C@H]3[C@@H]1CCC2=O. The van der Waals surface area contributed by atoms with Crippen LogP contribution in [0.4, 0.5) is 0 Å². The third kappa shape index (κ3) is 3.08. The average molecular weight is 410 g/mol. The molecule has 29 heavy (non-hydrogen) atoms. The lowest BCUT2D eigenvalue weighted by Crippen LogP contribution is -2.42. The van der Waals surface area contributed by atoms with E-state index < -0.39 is 7.60 Å². The van der Waals surface area contributed by atoms with Crippen LogP contribution in [-0.2, 0) is 15.8 Å². The smallest absolute Gasteiger partial charge is 0.408 e. The fourth-order valence-electron chi connectivity index (χ4n) is 6.20. The Hall–Kier alpha value is -1.90. The normalized spacial score (nSPS) is 32.6. The summed E-state index contributed by atoms with van der Waals surface area (Å²) in [6.45, 7) is 2.19. The van der Waals surface area contributed by atoms with Gasteiger partial charge in [0.15, 0.2) is 0 Å². The first-order valence-electron chi connectivity index (χ1n) is 10.6. The highest BCUT2D eigenvalue weighted by molar-refractivity contribution is 7.61. The molecule has 5 heteroatoms. The van der Waals surface area contributed by atoms with Gasteiger partial charge in [-0.15, -0.1) is 0 Å². The molecule has 3 aliphatic carbocycles. The topological polar surface area (TPSA) is 63.6 Å². The quantitative estimate of drug-likeness (QED) is 0.723. The number of hydrogen-bond acceptors (Lipinski definition) is 3. The summed E-state index contributed by atoms with van der Waals surface area (Å²) < 4.78 is 18.2. The molecule has 0 bridgehead atoms. The Labute approximate surface area is 171 Å². The summed E-state index contributed by atoms with van der Waals surface area (Å²) >= 11 is 0. The summed E-state index contributed by atoms with van der Waals surface area (Å²) in [6.07, 6.45) is 5.85. The molecule has 0 heterocycles. The molecule has 2 aromatic rings. The molecule has 5 atom stereocenters. The minimum Gasteiger partial charge on any atom is -0.421 e. The first-order valence-corrected chi connectivity index (χ1v) is 12.2. The Morgan fingerprint density at radius 2 is 1.86 bits per heavy atom. The Kier molecular flexibility index (Phi) is 4.49. The summed E-state index contributed by atoms with van der Waals surface area (Å²) in [4.78, 5) is 22.9. The van der Waals surface area contributed by atoms with Crippen LogP contribution < -0.4 is 9.83 Å². The largest absolute Gasteiger partial charge is 0.421 e. The zero-order chi connectivity index (χ0) is 20.2. The van der Waals surface area contributed by atoms with Crippen molar-refractivity contribution >= 4 is 18.7 Å².